The highest BCUT2D eigenvalue weighted by atomic mass is 127. The summed E-state index contributed by atoms with van der Waals surface area (Å²) in [5.74, 6) is 0.633. The topological polar surface area (TPSA) is 67.3 Å². The van der Waals surface area contributed by atoms with Crippen LogP contribution < -0.4 is 0 Å². The molecule has 0 unspecified atom stereocenters. The largest absolute Gasteiger partial charge is 0.207 e. The molecule has 2 rings (SSSR count). The van der Waals surface area contributed by atoms with Crippen molar-refractivity contribution < 1.29 is 0 Å². The van der Waals surface area contributed by atoms with Gasteiger partial charge in [-0.2, -0.15) is 19.8 Å². The fourth-order valence-corrected chi connectivity index (χ4v) is 1.57. The summed E-state index contributed by atoms with van der Waals surface area (Å²) in [5.41, 5.74) is 0.684. The summed E-state index contributed by atoms with van der Waals surface area (Å²) in [7, 11) is 0. The molecule has 2 heterocycles. The summed E-state index contributed by atoms with van der Waals surface area (Å²) >= 11 is 3.46. The van der Waals surface area contributed by atoms with Gasteiger partial charge in [0.1, 0.15) is 0 Å². The SMILES string of the molecule is Ic1nc(-c2cn[nH]n2)ns1. The third kappa shape index (κ3) is 1.38. The zero-order valence-corrected chi connectivity index (χ0v) is 8.13. The average molecular weight is 279 g/mol. The first-order valence-electron chi connectivity index (χ1n) is 2.71. The molecule has 1 N–H and O–H groups in total. The van der Waals surface area contributed by atoms with E-state index in [9.17, 15) is 0 Å². The van der Waals surface area contributed by atoms with Gasteiger partial charge in [0.05, 0.1) is 6.20 Å². The fourth-order valence-electron chi connectivity index (χ4n) is 0.618. The smallest absolute Gasteiger partial charge is 0.196 e. The van der Waals surface area contributed by atoms with Crippen LogP contribution >= 0.6 is 34.1 Å². The number of H-pyrrole nitrogens is 1. The lowest BCUT2D eigenvalue weighted by atomic mass is 10.5. The summed E-state index contributed by atoms with van der Waals surface area (Å²) in [5, 5.41) is 10.00. The Hall–Kier alpha value is -0.570. The number of aromatic nitrogens is 5. The Morgan fingerprint density at radius 1 is 1.55 bits per heavy atom. The molecule has 7 heteroatoms. The third-order valence-electron chi connectivity index (χ3n) is 1.05. The van der Waals surface area contributed by atoms with Crippen molar-refractivity contribution in [3.8, 4) is 11.5 Å². The van der Waals surface area contributed by atoms with Gasteiger partial charge in [0.25, 0.3) is 0 Å². The Morgan fingerprint density at radius 3 is 3.00 bits per heavy atom. The van der Waals surface area contributed by atoms with Gasteiger partial charge in [-0.3, -0.25) is 0 Å². The summed E-state index contributed by atoms with van der Waals surface area (Å²) in [6.07, 6.45) is 1.60. The lowest BCUT2D eigenvalue weighted by Gasteiger charge is -1.79. The van der Waals surface area contributed by atoms with Gasteiger partial charge in [0.15, 0.2) is 14.5 Å². The van der Waals surface area contributed by atoms with Crippen LogP contribution in [0.2, 0.25) is 0 Å². The minimum absolute atomic E-state index is 0.633. The van der Waals surface area contributed by atoms with Gasteiger partial charge < -0.3 is 0 Å². The number of hydrogen-bond donors (Lipinski definition) is 1. The first-order chi connectivity index (χ1) is 5.36. The lowest BCUT2D eigenvalue weighted by Crippen LogP contribution is -1.79. The van der Waals surface area contributed by atoms with Crippen LogP contribution in [0.3, 0.4) is 0 Å². The molecule has 0 aliphatic rings. The second-order valence-corrected chi connectivity index (χ2v) is 4.23. The van der Waals surface area contributed by atoms with E-state index in [1.165, 1.54) is 11.5 Å². The Bertz CT molecular complexity index is 341. The van der Waals surface area contributed by atoms with Crippen LogP contribution in [-0.2, 0) is 0 Å². The number of halogens is 1. The minimum Gasteiger partial charge on any atom is -0.207 e. The number of nitrogens with zero attached hydrogens (tertiary/aromatic N) is 4. The number of rotatable bonds is 1. The first-order valence-corrected chi connectivity index (χ1v) is 4.57. The molecule has 56 valence electrons. The van der Waals surface area contributed by atoms with E-state index in [-0.39, 0.29) is 0 Å². The average Bonchev–Trinajstić information content (AvgIpc) is 2.55. The summed E-state index contributed by atoms with van der Waals surface area (Å²) in [4.78, 5) is 4.12. The summed E-state index contributed by atoms with van der Waals surface area (Å²) < 4.78 is 4.96. The van der Waals surface area contributed by atoms with Crippen molar-refractivity contribution in [1.82, 2.24) is 24.8 Å². The van der Waals surface area contributed by atoms with Crippen LogP contribution in [0.5, 0.6) is 0 Å². The molecular formula is C4H2IN5S. The zero-order valence-electron chi connectivity index (χ0n) is 5.15. The first kappa shape index (κ1) is 7.10. The molecular weight excluding hydrogens is 277 g/mol. The van der Waals surface area contributed by atoms with Crippen molar-refractivity contribution in [2.45, 2.75) is 0 Å². The molecule has 0 amide bonds. The van der Waals surface area contributed by atoms with E-state index in [1.807, 2.05) is 0 Å². The second kappa shape index (κ2) is 2.81. The van der Waals surface area contributed by atoms with E-state index < -0.39 is 0 Å². The molecule has 0 aliphatic carbocycles. The molecule has 0 atom stereocenters. The van der Waals surface area contributed by atoms with E-state index >= 15 is 0 Å². The van der Waals surface area contributed by atoms with Crippen LogP contribution in [0.4, 0.5) is 0 Å². The molecule has 5 nitrogen and oxygen atoms in total. The van der Waals surface area contributed by atoms with Crippen molar-refractivity contribution >= 4 is 34.1 Å². The Labute approximate surface area is 79.6 Å². The Morgan fingerprint density at radius 2 is 2.45 bits per heavy atom. The molecule has 0 spiro atoms. The molecule has 0 bridgehead atoms. The van der Waals surface area contributed by atoms with E-state index in [4.69, 9.17) is 0 Å². The fraction of sp³-hybridized carbons (Fsp3) is 0. The van der Waals surface area contributed by atoms with E-state index in [0.29, 0.717) is 11.5 Å². The quantitative estimate of drug-likeness (QED) is 0.788. The van der Waals surface area contributed by atoms with Crippen molar-refractivity contribution in [1.29, 1.82) is 0 Å². The van der Waals surface area contributed by atoms with Crippen LogP contribution in [0.15, 0.2) is 6.20 Å². The second-order valence-electron chi connectivity index (χ2n) is 1.73. The third-order valence-corrected chi connectivity index (χ3v) is 2.38. The zero-order chi connectivity index (χ0) is 7.68. The van der Waals surface area contributed by atoms with Crippen LogP contribution in [0.25, 0.3) is 11.5 Å². The van der Waals surface area contributed by atoms with Gasteiger partial charge >= 0.3 is 0 Å². The maximum atomic E-state index is 4.12. The minimum atomic E-state index is 0.633. The number of aromatic amines is 1. The molecule has 2 aromatic heterocycles. The molecule has 0 saturated heterocycles. The van der Waals surface area contributed by atoms with Crippen LogP contribution in [0.1, 0.15) is 0 Å². The van der Waals surface area contributed by atoms with Gasteiger partial charge in [-0.1, -0.05) is 0 Å². The van der Waals surface area contributed by atoms with Gasteiger partial charge in [-0.05, 0) is 34.1 Å². The molecule has 0 radical (unpaired) electrons. The molecule has 11 heavy (non-hydrogen) atoms. The number of hydrogen-bond acceptors (Lipinski definition) is 5. The predicted molar refractivity (Wildman–Crippen MR) is 48.0 cm³/mol. The highest BCUT2D eigenvalue weighted by Gasteiger charge is 2.05. The maximum Gasteiger partial charge on any atom is 0.196 e. The van der Waals surface area contributed by atoms with Crippen molar-refractivity contribution in [3.05, 3.63) is 9.21 Å². The Kier molecular flexibility index (Phi) is 1.82. The normalized spacial score (nSPS) is 10.3. The molecule has 0 saturated carbocycles. The summed E-state index contributed by atoms with van der Waals surface area (Å²) in [6, 6.07) is 0. The molecule has 0 aliphatic heterocycles. The summed E-state index contributed by atoms with van der Waals surface area (Å²) in [6.45, 7) is 0. The van der Waals surface area contributed by atoms with Gasteiger partial charge in [-0.15, -0.1) is 0 Å². The van der Waals surface area contributed by atoms with E-state index in [2.05, 4.69) is 47.4 Å². The van der Waals surface area contributed by atoms with Gasteiger partial charge in [0.2, 0.25) is 0 Å². The number of nitrogens with one attached hydrogen (secondary N) is 1. The lowest BCUT2D eigenvalue weighted by molar-refractivity contribution is 0.940. The maximum absolute atomic E-state index is 4.12. The highest BCUT2D eigenvalue weighted by Crippen LogP contribution is 2.14. The molecule has 0 aromatic carbocycles. The van der Waals surface area contributed by atoms with E-state index in [0.717, 1.165) is 3.01 Å². The van der Waals surface area contributed by atoms with Crippen molar-refractivity contribution in [2.24, 2.45) is 0 Å². The monoisotopic (exact) mass is 279 g/mol. The highest BCUT2D eigenvalue weighted by molar-refractivity contribution is 14.1. The Balaban J connectivity index is 2.45. The molecule has 2 aromatic rings. The van der Waals surface area contributed by atoms with Gasteiger partial charge in [0, 0.05) is 0 Å². The molecule has 0 fully saturated rings. The van der Waals surface area contributed by atoms with Crippen LogP contribution in [-0.4, -0.2) is 24.8 Å². The van der Waals surface area contributed by atoms with Gasteiger partial charge in [-0.25, -0.2) is 4.98 Å². The van der Waals surface area contributed by atoms with Crippen LogP contribution in [0, 0.1) is 3.01 Å². The van der Waals surface area contributed by atoms with Crippen molar-refractivity contribution in [2.75, 3.05) is 0 Å². The van der Waals surface area contributed by atoms with E-state index in [1.54, 1.807) is 6.20 Å². The predicted octanol–water partition coefficient (Wildman–Crippen LogP) is 0.928. The van der Waals surface area contributed by atoms with Crippen molar-refractivity contribution in [3.63, 3.8) is 0 Å². The standard InChI is InChI=1S/C4H2IN5S/c5-4-7-3(9-11-4)2-1-6-10-8-2/h1H,(H,6,8,10).